The first-order valence-electron chi connectivity index (χ1n) is 10.6. The van der Waals surface area contributed by atoms with E-state index >= 15 is 0 Å². The fourth-order valence-electron chi connectivity index (χ4n) is 3.61. The van der Waals surface area contributed by atoms with Crippen molar-refractivity contribution in [3.63, 3.8) is 0 Å². The van der Waals surface area contributed by atoms with Crippen LogP contribution in [0.1, 0.15) is 75.1 Å². The smallest absolute Gasteiger partial charge is 0.411 e. The van der Waals surface area contributed by atoms with E-state index in [2.05, 4.69) is 0 Å². The Hall–Kier alpha value is -3.43. The number of imide groups is 1. The largest absolute Gasteiger partial charge is 0.458 e. The van der Waals surface area contributed by atoms with Gasteiger partial charge in [0.15, 0.2) is 0 Å². The summed E-state index contributed by atoms with van der Waals surface area (Å²) < 4.78 is 10.8. The zero-order valence-corrected chi connectivity index (χ0v) is 19.5. The maximum absolute atomic E-state index is 13.0. The predicted molar refractivity (Wildman–Crippen MR) is 114 cm³/mol. The molecule has 0 radical (unpaired) electrons. The van der Waals surface area contributed by atoms with E-state index in [9.17, 15) is 24.0 Å². The molecule has 3 amide bonds. The molecule has 2 aliphatic rings. The van der Waals surface area contributed by atoms with Gasteiger partial charge < -0.3 is 14.3 Å². The van der Waals surface area contributed by atoms with Crippen molar-refractivity contribution in [2.24, 2.45) is 0 Å². The van der Waals surface area contributed by atoms with Crippen LogP contribution in [0.25, 0.3) is 0 Å². The number of hydroxylamine groups is 2. The number of hydrogen-bond donors (Lipinski definition) is 0. The third kappa shape index (κ3) is 5.15. The summed E-state index contributed by atoms with van der Waals surface area (Å²) in [6.07, 6.45) is -0.721. The maximum atomic E-state index is 13.0. The molecule has 1 saturated heterocycles. The Balaban J connectivity index is 1.83. The quantitative estimate of drug-likeness (QED) is 0.499. The summed E-state index contributed by atoms with van der Waals surface area (Å²) in [5, 5.41) is 0.376. The Morgan fingerprint density at radius 2 is 1.24 bits per heavy atom. The second-order valence-corrected chi connectivity index (χ2v) is 9.89. The number of carbonyl (C=O) groups excluding carboxylic acids is 5. The van der Waals surface area contributed by atoms with Crippen molar-refractivity contribution in [3.8, 4) is 0 Å². The highest BCUT2D eigenvalue weighted by atomic mass is 16.7. The molecule has 2 atom stereocenters. The van der Waals surface area contributed by atoms with Gasteiger partial charge in [0.05, 0.1) is 11.1 Å². The van der Waals surface area contributed by atoms with Crippen LogP contribution in [0.4, 0.5) is 4.79 Å². The molecule has 0 spiro atoms. The molecular formula is C23H28N2O8. The highest BCUT2D eigenvalue weighted by Gasteiger charge is 2.50. The van der Waals surface area contributed by atoms with E-state index in [0.29, 0.717) is 5.06 Å². The molecule has 0 saturated carbocycles. The van der Waals surface area contributed by atoms with E-state index in [4.69, 9.17) is 14.3 Å². The van der Waals surface area contributed by atoms with E-state index < -0.39 is 53.1 Å². The Bertz CT molecular complexity index is 969. The van der Waals surface area contributed by atoms with Gasteiger partial charge in [-0.3, -0.25) is 14.5 Å². The van der Waals surface area contributed by atoms with E-state index in [1.807, 2.05) is 0 Å². The van der Waals surface area contributed by atoms with Gasteiger partial charge in [-0.15, -0.1) is 0 Å². The molecular weight excluding hydrogens is 432 g/mol. The fraction of sp³-hybridized carbons (Fsp3) is 0.522. The van der Waals surface area contributed by atoms with Crippen molar-refractivity contribution in [1.82, 2.24) is 9.96 Å². The van der Waals surface area contributed by atoms with Crippen molar-refractivity contribution in [3.05, 3.63) is 35.4 Å². The number of esters is 1. The number of nitrogens with zero attached hydrogens (tertiary/aromatic N) is 2. The highest BCUT2D eigenvalue weighted by molar-refractivity contribution is 6.21. The van der Waals surface area contributed by atoms with Crippen LogP contribution in [-0.2, 0) is 23.9 Å². The summed E-state index contributed by atoms with van der Waals surface area (Å²) in [6, 6.07) is 3.74. The summed E-state index contributed by atoms with van der Waals surface area (Å²) >= 11 is 0. The van der Waals surface area contributed by atoms with Crippen LogP contribution in [0.5, 0.6) is 0 Å². The van der Waals surface area contributed by atoms with E-state index in [-0.39, 0.29) is 24.0 Å². The van der Waals surface area contributed by atoms with Gasteiger partial charge in [-0.1, -0.05) is 17.2 Å². The van der Waals surface area contributed by atoms with E-state index in [1.165, 1.54) is 12.1 Å². The zero-order valence-electron chi connectivity index (χ0n) is 19.5. The Labute approximate surface area is 191 Å². The molecule has 33 heavy (non-hydrogen) atoms. The first kappa shape index (κ1) is 24.2. The van der Waals surface area contributed by atoms with Crippen LogP contribution < -0.4 is 0 Å². The number of hydrogen-bond acceptors (Lipinski definition) is 8. The lowest BCUT2D eigenvalue weighted by molar-refractivity contribution is -0.175. The molecule has 0 unspecified atom stereocenters. The molecule has 10 nitrogen and oxygen atoms in total. The van der Waals surface area contributed by atoms with Crippen LogP contribution in [-0.4, -0.2) is 63.1 Å². The minimum atomic E-state index is -1.25. The second kappa shape index (κ2) is 8.49. The summed E-state index contributed by atoms with van der Waals surface area (Å²) in [4.78, 5) is 69.9. The predicted octanol–water partition coefficient (Wildman–Crippen LogP) is 2.85. The molecule has 10 heteroatoms. The third-order valence-corrected chi connectivity index (χ3v) is 4.88. The second-order valence-electron chi connectivity index (χ2n) is 9.89. The third-order valence-electron chi connectivity index (χ3n) is 4.88. The minimum absolute atomic E-state index is 0.0607. The molecule has 0 aromatic heterocycles. The number of likely N-dealkylation sites (tertiary alicyclic amines) is 1. The summed E-state index contributed by atoms with van der Waals surface area (Å²) in [5.74, 6) is -3.28. The Morgan fingerprint density at radius 3 is 1.70 bits per heavy atom. The molecule has 2 heterocycles. The normalized spacial score (nSPS) is 20.5. The SMILES string of the molecule is CC(C)(C)OC(=O)[C@@H]1CC[C@H](C(=O)ON2C(=O)c3ccccc3C2=O)N1C(=O)OC(C)(C)C. The highest BCUT2D eigenvalue weighted by Crippen LogP contribution is 2.31. The summed E-state index contributed by atoms with van der Waals surface area (Å²) in [7, 11) is 0. The van der Waals surface area contributed by atoms with Gasteiger partial charge in [0.2, 0.25) is 0 Å². The first-order chi connectivity index (χ1) is 15.2. The van der Waals surface area contributed by atoms with Crippen molar-refractivity contribution < 1.29 is 38.3 Å². The van der Waals surface area contributed by atoms with E-state index in [1.54, 1.807) is 53.7 Å². The molecule has 1 aromatic rings. The molecule has 0 bridgehead atoms. The molecule has 1 aromatic carbocycles. The lowest BCUT2D eigenvalue weighted by atomic mass is 10.1. The van der Waals surface area contributed by atoms with Gasteiger partial charge in [-0.25, -0.2) is 14.4 Å². The van der Waals surface area contributed by atoms with Crippen LogP contribution in [0.2, 0.25) is 0 Å². The number of rotatable bonds is 3. The number of fused-ring (bicyclic) bond motifs is 1. The minimum Gasteiger partial charge on any atom is -0.458 e. The van der Waals surface area contributed by atoms with Crippen molar-refractivity contribution in [2.75, 3.05) is 0 Å². The van der Waals surface area contributed by atoms with Crippen molar-refractivity contribution in [1.29, 1.82) is 0 Å². The van der Waals surface area contributed by atoms with Crippen LogP contribution in [0.15, 0.2) is 24.3 Å². The molecule has 0 aliphatic carbocycles. The molecule has 1 fully saturated rings. The average molecular weight is 460 g/mol. The summed E-state index contributed by atoms with van der Waals surface area (Å²) in [6.45, 7) is 10.0. The Kier molecular flexibility index (Phi) is 6.23. The number of amides is 3. The first-order valence-corrected chi connectivity index (χ1v) is 10.6. The molecule has 0 N–H and O–H groups in total. The fourth-order valence-corrected chi connectivity index (χ4v) is 3.61. The lowest BCUT2D eigenvalue weighted by Crippen LogP contribution is -2.52. The summed E-state index contributed by atoms with van der Waals surface area (Å²) in [5.41, 5.74) is -1.49. The Morgan fingerprint density at radius 1 is 0.788 bits per heavy atom. The maximum Gasteiger partial charge on any atom is 0.411 e. The van der Waals surface area contributed by atoms with Gasteiger partial charge in [0.25, 0.3) is 11.8 Å². The van der Waals surface area contributed by atoms with Gasteiger partial charge >= 0.3 is 18.0 Å². The van der Waals surface area contributed by atoms with Gasteiger partial charge in [0.1, 0.15) is 23.3 Å². The average Bonchev–Trinajstić information content (AvgIpc) is 3.22. The lowest BCUT2D eigenvalue weighted by Gasteiger charge is -2.32. The van der Waals surface area contributed by atoms with Crippen LogP contribution in [0.3, 0.4) is 0 Å². The van der Waals surface area contributed by atoms with Crippen molar-refractivity contribution in [2.45, 2.75) is 77.7 Å². The molecule has 178 valence electrons. The topological polar surface area (TPSA) is 120 Å². The zero-order chi connectivity index (χ0) is 24.7. The number of benzene rings is 1. The van der Waals surface area contributed by atoms with Crippen LogP contribution >= 0.6 is 0 Å². The number of carbonyl (C=O) groups is 5. The van der Waals surface area contributed by atoms with Gasteiger partial charge in [0, 0.05) is 0 Å². The van der Waals surface area contributed by atoms with Gasteiger partial charge in [-0.2, -0.15) is 0 Å². The molecule has 2 aliphatic heterocycles. The van der Waals surface area contributed by atoms with Crippen LogP contribution in [0, 0.1) is 0 Å². The monoisotopic (exact) mass is 460 g/mol. The number of ether oxygens (including phenoxy) is 2. The van der Waals surface area contributed by atoms with Gasteiger partial charge in [-0.05, 0) is 66.5 Å². The van der Waals surface area contributed by atoms with Crippen molar-refractivity contribution >= 4 is 29.8 Å². The van der Waals surface area contributed by atoms with E-state index in [0.717, 1.165) is 4.90 Å². The standard InChI is InChI=1S/C23H28N2O8/c1-22(2,3)31-19(28)15-11-12-16(24(15)21(30)32-23(4,5)6)20(29)33-25-17(26)13-9-7-8-10-14(13)18(25)27/h7-10,15-16H,11-12H2,1-6H3/t15-,16+/m0/s1. The molecule has 3 rings (SSSR count).